The molecule has 0 saturated carbocycles. The highest BCUT2D eigenvalue weighted by Crippen LogP contribution is 2.25. The maximum Gasteiger partial charge on any atom is 0.340 e. The number of aryl methyl sites for hydroxylation is 1. The Morgan fingerprint density at radius 2 is 2.24 bits per heavy atom. The zero-order chi connectivity index (χ0) is 12.6. The molecule has 0 saturated heterocycles. The maximum atomic E-state index is 13.6. The number of nitrogens with two attached hydrogens (primary N) is 1. The minimum Gasteiger partial charge on any atom is -0.478 e. The normalized spacial score (nSPS) is 10.5. The number of benzene rings is 1. The first kappa shape index (κ1) is 11.1. The van der Waals surface area contributed by atoms with Crippen molar-refractivity contribution in [3.8, 4) is 11.4 Å². The van der Waals surface area contributed by atoms with E-state index in [1.54, 1.807) is 24.0 Å². The van der Waals surface area contributed by atoms with Crippen LogP contribution in [-0.2, 0) is 7.05 Å². The summed E-state index contributed by atoms with van der Waals surface area (Å²) >= 11 is 0. The number of hydrogen-bond acceptors (Lipinski definition) is 3. The van der Waals surface area contributed by atoms with Crippen molar-refractivity contribution in [3.63, 3.8) is 0 Å². The standard InChI is InChI=1S/C11H10FN3O2/c1-15-3-2-14-10(15)6-4-7(12)9(11(16)17)8(13)5-6/h2-5H,13H2,1H3,(H,16,17). The fourth-order valence-electron chi connectivity index (χ4n) is 1.63. The van der Waals surface area contributed by atoms with E-state index in [2.05, 4.69) is 4.98 Å². The summed E-state index contributed by atoms with van der Waals surface area (Å²) in [5.41, 5.74) is 5.34. The molecule has 0 aliphatic heterocycles. The third kappa shape index (κ3) is 1.84. The van der Waals surface area contributed by atoms with Crippen molar-refractivity contribution in [3.05, 3.63) is 35.9 Å². The van der Waals surface area contributed by atoms with Crippen LogP contribution in [0.25, 0.3) is 11.4 Å². The summed E-state index contributed by atoms with van der Waals surface area (Å²) in [5, 5.41) is 8.78. The van der Waals surface area contributed by atoms with E-state index in [0.717, 1.165) is 6.07 Å². The Bertz CT molecular complexity index is 569. The van der Waals surface area contributed by atoms with Crippen molar-refractivity contribution in [2.75, 3.05) is 5.73 Å². The number of hydrogen-bond donors (Lipinski definition) is 2. The van der Waals surface area contributed by atoms with Crippen LogP contribution in [0, 0.1) is 5.82 Å². The summed E-state index contributed by atoms with van der Waals surface area (Å²) in [5.74, 6) is -1.73. The number of rotatable bonds is 2. The van der Waals surface area contributed by atoms with E-state index in [4.69, 9.17) is 10.8 Å². The molecule has 0 atom stereocenters. The van der Waals surface area contributed by atoms with Gasteiger partial charge in [0.2, 0.25) is 0 Å². The van der Waals surface area contributed by atoms with Gasteiger partial charge in [-0.2, -0.15) is 0 Å². The molecule has 0 fully saturated rings. The lowest BCUT2D eigenvalue weighted by atomic mass is 10.1. The SMILES string of the molecule is Cn1ccnc1-c1cc(N)c(C(=O)O)c(F)c1. The van der Waals surface area contributed by atoms with E-state index in [0.29, 0.717) is 11.4 Å². The zero-order valence-electron chi connectivity index (χ0n) is 9.01. The largest absolute Gasteiger partial charge is 0.478 e. The Labute approximate surface area is 96.3 Å². The Morgan fingerprint density at radius 1 is 1.53 bits per heavy atom. The van der Waals surface area contributed by atoms with Gasteiger partial charge in [0.25, 0.3) is 0 Å². The first-order valence-electron chi connectivity index (χ1n) is 4.80. The summed E-state index contributed by atoms with van der Waals surface area (Å²) in [7, 11) is 1.75. The number of aromatic carboxylic acids is 1. The van der Waals surface area contributed by atoms with Crippen molar-refractivity contribution in [1.82, 2.24) is 9.55 Å². The molecule has 88 valence electrons. The number of nitrogen functional groups attached to an aromatic ring is 1. The van der Waals surface area contributed by atoms with Crippen LogP contribution in [0.2, 0.25) is 0 Å². The van der Waals surface area contributed by atoms with Crippen molar-refractivity contribution in [2.24, 2.45) is 7.05 Å². The van der Waals surface area contributed by atoms with Gasteiger partial charge in [0.05, 0.1) is 0 Å². The van der Waals surface area contributed by atoms with Crippen LogP contribution in [0.3, 0.4) is 0 Å². The molecule has 0 unspecified atom stereocenters. The molecule has 1 aromatic carbocycles. The number of nitrogens with zero attached hydrogens (tertiary/aromatic N) is 2. The van der Waals surface area contributed by atoms with Crippen molar-refractivity contribution in [1.29, 1.82) is 0 Å². The smallest absolute Gasteiger partial charge is 0.340 e. The minimum atomic E-state index is -1.38. The molecular formula is C11H10FN3O2. The highest BCUT2D eigenvalue weighted by atomic mass is 19.1. The van der Waals surface area contributed by atoms with E-state index in [-0.39, 0.29) is 5.69 Å². The number of imidazole rings is 1. The van der Waals surface area contributed by atoms with Gasteiger partial charge in [0.1, 0.15) is 17.2 Å². The molecule has 1 heterocycles. The number of anilines is 1. The van der Waals surface area contributed by atoms with Gasteiger partial charge in [-0.15, -0.1) is 0 Å². The second-order valence-electron chi connectivity index (χ2n) is 3.59. The molecule has 0 bridgehead atoms. The quantitative estimate of drug-likeness (QED) is 0.773. The fourth-order valence-corrected chi connectivity index (χ4v) is 1.63. The van der Waals surface area contributed by atoms with Crippen LogP contribution in [-0.4, -0.2) is 20.6 Å². The molecule has 0 amide bonds. The molecule has 5 nitrogen and oxygen atoms in total. The molecule has 17 heavy (non-hydrogen) atoms. The lowest BCUT2D eigenvalue weighted by Gasteiger charge is -2.07. The van der Waals surface area contributed by atoms with Crippen LogP contribution in [0.4, 0.5) is 10.1 Å². The molecule has 0 radical (unpaired) electrons. The summed E-state index contributed by atoms with van der Waals surface area (Å²) < 4.78 is 15.3. The van der Waals surface area contributed by atoms with Crippen LogP contribution in [0.1, 0.15) is 10.4 Å². The Morgan fingerprint density at radius 3 is 2.71 bits per heavy atom. The van der Waals surface area contributed by atoms with Gasteiger partial charge in [-0.25, -0.2) is 14.2 Å². The zero-order valence-corrected chi connectivity index (χ0v) is 9.01. The third-order valence-corrected chi connectivity index (χ3v) is 2.41. The van der Waals surface area contributed by atoms with E-state index < -0.39 is 17.3 Å². The van der Waals surface area contributed by atoms with Crippen LogP contribution >= 0.6 is 0 Å². The van der Waals surface area contributed by atoms with Crippen molar-refractivity contribution >= 4 is 11.7 Å². The Balaban J connectivity index is 2.61. The van der Waals surface area contributed by atoms with Crippen LogP contribution in [0.5, 0.6) is 0 Å². The third-order valence-electron chi connectivity index (χ3n) is 2.41. The van der Waals surface area contributed by atoms with Crippen molar-refractivity contribution < 1.29 is 14.3 Å². The molecule has 3 N–H and O–H groups in total. The summed E-state index contributed by atoms with van der Waals surface area (Å²) in [4.78, 5) is 14.8. The van der Waals surface area contributed by atoms with Crippen LogP contribution in [0.15, 0.2) is 24.5 Å². The monoisotopic (exact) mass is 235 g/mol. The molecule has 0 aliphatic carbocycles. The summed E-state index contributed by atoms with van der Waals surface area (Å²) in [6.07, 6.45) is 3.27. The summed E-state index contributed by atoms with van der Waals surface area (Å²) in [6.45, 7) is 0. The van der Waals surface area contributed by atoms with E-state index in [9.17, 15) is 9.18 Å². The highest BCUT2D eigenvalue weighted by molar-refractivity contribution is 5.94. The molecule has 1 aromatic heterocycles. The van der Waals surface area contributed by atoms with E-state index in [1.165, 1.54) is 6.07 Å². The van der Waals surface area contributed by atoms with Crippen molar-refractivity contribution in [2.45, 2.75) is 0 Å². The number of halogens is 1. The predicted octanol–water partition coefficient (Wildman–Crippen LogP) is 1.51. The Hall–Kier alpha value is -2.37. The maximum absolute atomic E-state index is 13.6. The first-order valence-corrected chi connectivity index (χ1v) is 4.80. The van der Waals surface area contributed by atoms with Gasteiger partial charge in [-0.1, -0.05) is 0 Å². The molecule has 0 spiro atoms. The first-order chi connectivity index (χ1) is 8.00. The minimum absolute atomic E-state index is 0.115. The molecule has 0 aliphatic rings. The lowest BCUT2D eigenvalue weighted by Crippen LogP contribution is -2.06. The van der Waals surface area contributed by atoms with Gasteiger partial charge >= 0.3 is 5.97 Å². The predicted molar refractivity (Wildman–Crippen MR) is 60.0 cm³/mol. The molecule has 2 rings (SSSR count). The molecular weight excluding hydrogens is 225 g/mol. The second-order valence-corrected chi connectivity index (χ2v) is 3.59. The van der Waals surface area contributed by atoms with Gasteiger partial charge in [0, 0.05) is 30.7 Å². The van der Waals surface area contributed by atoms with Gasteiger partial charge in [0.15, 0.2) is 0 Å². The lowest BCUT2D eigenvalue weighted by molar-refractivity contribution is 0.0693. The van der Waals surface area contributed by atoms with Gasteiger partial charge in [-0.3, -0.25) is 0 Å². The highest BCUT2D eigenvalue weighted by Gasteiger charge is 2.17. The second kappa shape index (κ2) is 3.89. The fraction of sp³-hybridized carbons (Fsp3) is 0.0909. The number of carbonyl (C=O) groups is 1. The number of aromatic nitrogens is 2. The van der Waals surface area contributed by atoms with Gasteiger partial charge in [-0.05, 0) is 12.1 Å². The summed E-state index contributed by atoms with van der Waals surface area (Å²) in [6, 6.07) is 2.51. The van der Waals surface area contributed by atoms with E-state index in [1.807, 2.05) is 0 Å². The Kier molecular flexibility index (Phi) is 2.55. The molecule has 2 aromatic rings. The average Bonchev–Trinajstić information content (AvgIpc) is 2.62. The number of carboxylic acids is 1. The molecule has 6 heteroatoms. The van der Waals surface area contributed by atoms with Crippen LogP contribution < -0.4 is 5.73 Å². The van der Waals surface area contributed by atoms with E-state index >= 15 is 0 Å². The topological polar surface area (TPSA) is 81.1 Å². The van der Waals surface area contributed by atoms with Gasteiger partial charge < -0.3 is 15.4 Å². The number of carboxylic acid groups (broad SMARTS) is 1. The average molecular weight is 235 g/mol.